The van der Waals surface area contributed by atoms with Crippen LogP contribution in [0.4, 0.5) is 0 Å². The fraction of sp³-hybridized carbons (Fsp3) is 0.818. The van der Waals surface area contributed by atoms with Crippen molar-refractivity contribution in [1.82, 2.24) is 4.90 Å². The second-order valence-electron chi connectivity index (χ2n) is 4.95. The molecule has 2 amide bonds. The summed E-state index contributed by atoms with van der Waals surface area (Å²) in [5.74, 6) is 1.11. The van der Waals surface area contributed by atoms with Gasteiger partial charge in [-0.3, -0.25) is 14.5 Å². The molecular weight excluding hydrogens is 210 g/mol. The Hall–Kier alpha value is -0.510. The van der Waals surface area contributed by atoms with E-state index >= 15 is 0 Å². The van der Waals surface area contributed by atoms with E-state index in [0.29, 0.717) is 6.54 Å². The number of likely N-dealkylation sites (tertiary alicyclic amines) is 1. The molecule has 15 heavy (non-hydrogen) atoms. The van der Waals surface area contributed by atoms with Gasteiger partial charge >= 0.3 is 0 Å². The van der Waals surface area contributed by atoms with Crippen LogP contribution in [-0.2, 0) is 9.59 Å². The second kappa shape index (κ2) is 3.51. The Morgan fingerprint density at radius 3 is 2.27 bits per heavy atom. The second-order valence-corrected chi connectivity index (χ2v) is 5.94. The number of amides is 2. The molecule has 0 radical (unpaired) electrons. The molecule has 2 unspecified atom stereocenters. The lowest BCUT2D eigenvalue weighted by Gasteiger charge is -2.20. The summed E-state index contributed by atoms with van der Waals surface area (Å²) in [5, 5.41) is 0. The van der Waals surface area contributed by atoms with Crippen LogP contribution >= 0.6 is 11.8 Å². The van der Waals surface area contributed by atoms with E-state index < -0.39 is 0 Å². The molecule has 0 aromatic carbocycles. The van der Waals surface area contributed by atoms with E-state index in [0.717, 1.165) is 12.2 Å². The van der Waals surface area contributed by atoms with Crippen molar-refractivity contribution in [2.24, 2.45) is 17.3 Å². The number of rotatable bonds is 4. The predicted octanol–water partition coefficient (Wildman–Crippen LogP) is 1.38. The maximum atomic E-state index is 11.9. The summed E-state index contributed by atoms with van der Waals surface area (Å²) in [7, 11) is 0. The topological polar surface area (TPSA) is 37.4 Å². The van der Waals surface area contributed by atoms with Crippen LogP contribution in [0.15, 0.2) is 0 Å². The monoisotopic (exact) mass is 227 g/mol. The fourth-order valence-electron chi connectivity index (χ4n) is 2.59. The Balaban J connectivity index is 1.96. The van der Waals surface area contributed by atoms with Crippen LogP contribution in [-0.4, -0.2) is 35.3 Å². The van der Waals surface area contributed by atoms with Gasteiger partial charge in [0.1, 0.15) is 0 Å². The Morgan fingerprint density at radius 2 is 1.80 bits per heavy atom. The van der Waals surface area contributed by atoms with Gasteiger partial charge in [-0.15, -0.1) is 0 Å². The highest BCUT2D eigenvalue weighted by molar-refractivity contribution is 7.98. The van der Waals surface area contributed by atoms with E-state index in [9.17, 15) is 9.59 Å². The zero-order chi connectivity index (χ0) is 11.2. The number of fused-ring (bicyclic) bond motifs is 1. The average molecular weight is 227 g/mol. The maximum absolute atomic E-state index is 11.9. The highest BCUT2D eigenvalue weighted by Gasteiger charge is 2.72. The maximum Gasteiger partial charge on any atom is 0.233 e. The largest absolute Gasteiger partial charge is 0.282 e. The molecule has 0 spiro atoms. The van der Waals surface area contributed by atoms with Crippen LogP contribution in [0.3, 0.4) is 0 Å². The van der Waals surface area contributed by atoms with Gasteiger partial charge in [0.2, 0.25) is 11.8 Å². The third-order valence-corrected chi connectivity index (χ3v) is 4.32. The molecule has 1 saturated heterocycles. The molecule has 2 rings (SSSR count). The molecule has 4 heteroatoms. The first-order valence-corrected chi connectivity index (χ1v) is 6.75. The SMILES string of the molecule is CSCCCN1C(=O)C2C(C1=O)C2(C)C. The summed E-state index contributed by atoms with van der Waals surface area (Å²) in [6.07, 6.45) is 2.95. The Bertz CT molecular complexity index is 290. The van der Waals surface area contributed by atoms with Crippen LogP contribution in [0.5, 0.6) is 0 Å². The Morgan fingerprint density at radius 1 is 1.27 bits per heavy atom. The van der Waals surface area contributed by atoms with E-state index in [1.165, 1.54) is 4.90 Å². The molecule has 84 valence electrons. The summed E-state index contributed by atoms with van der Waals surface area (Å²) < 4.78 is 0. The van der Waals surface area contributed by atoms with Crippen LogP contribution in [0.2, 0.25) is 0 Å². The summed E-state index contributed by atoms with van der Waals surface area (Å²) >= 11 is 1.75. The molecule has 1 aliphatic heterocycles. The third-order valence-electron chi connectivity index (χ3n) is 3.62. The zero-order valence-electron chi connectivity index (χ0n) is 9.45. The first-order chi connectivity index (χ1) is 7.01. The number of hydrogen-bond donors (Lipinski definition) is 0. The van der Waals surface area contributed by atoms with Crippen LogP contribution in [0.1, 0.15) is 20.3 Å². The van der Waals surface area contributed by atoms with Crippen LogP contribution in [0.25, 0.3) is 0 Å². The normalized spacial score (nSPS) is 32.1. The van der Waals surface area contributed by atoms with Crippen molar-refractivity contribution in [2.75, 3.05) is 18.6 Å². The molecule has 1 aliphatic carbocycles. The molecule has 1 saturated carbocycles. The van der Waals surface area contributed by atoms with Gasteiger partial charge in [0, 0.05) is 6.54 Å². The molecule has 1 heterocycles. The minimum absolute atomic E-state index is 0.0146. The quantitative estimate of drug-likeness (QED) is 0.538. The van der Waals surface area contributed by atoms with Gasteiger partial charge in [-0.25, -0.2) is 0 Å². The molecule has 0 bridgehead atoms. The summed E-state index contributed by atoms with van der Waals surface area (Å²) in [5.41, 5.74) is -0.0653. The van der Waals surface area contributed by atoms with E-state index in [1.54, 1.807) is 11.8 Å². The highest BCUT2D eigenvalue weighted by Crippen LogP contribution is 2.63. The minimum atomic E-state index is -0.0653. The van der Waals surface area contributed by atoms with E-state index in [1.807, 2.05) is 20.1 Å². The van der Waals surface area contributed by atoms with Crippen molar-refractivity contribution in [3.63, 3.8) is 0 Å². The van der Waals surface area contributed by atoms with Crippen molar-refractivity contribution in [1.29, 1.82) is 0 Å². The van der Waals surface area contributed by atoms with Gasteiger partial charge in [-0.1, -0.05) is 13.8 Å². The van der Waals surface area contributed by atoms with Crippen LogP contribution in [0, 0.1) is 17.3 Å². The standard InChI is InChI=1S/C11H17NO2S/c1-11(2)7-8(11)10(14)12(9(7)13)5-4-6-15-3/h7-8H,4-6H2,1-3H3. The number of carbonyl (C=O) groups excluding carboxylic acids is 2. The smallest absolute Gasteiger partial charge is 0.233 e. The molecule has 2 aliphatic rings. The van der Waals surface area contributed by atoms with Gasteiger partial charge in [-0.05, 0) is 23.8 Å². The fourth-order valence-corrected chi connectivity index (χ4v) is 3.01. The van der Waals surface area contributed by atoms with E-state index in [-0.39, 0.29) is 29.1 Å². The number of hydrogen-bond acceptors (Lipinski definition) is 3. The van der Waals surface area contributed by atoms with Gasteiger partial charge in [-0.2, -0.15) is 11.8 Å². The minimum Gasteiger partial charge on any atom is -0.282 e. The number of thioether (sulfide) groups is 1. The van der Waals surface area contributed by atoms with Crippen molar-refractivity contribution >= 4 is 23.6 Å². The van der Waals surface area contributed by atoms with Crippen molar-refractivity contribution in [3.05, 3.63) is 0 Å². The first kappa shape index (κ1) is 11.0. The van der Waals surface area contributed by atoms with Crippen molar-refractivity contribution < 1.29 is 9.59 Å². The summed E-state index contributed by atoms with van der Waals surface area (Å²) in [6.45, 7) is 4.64. The van der Waals surface area contributed by atoms with Crippen molar-refractivity contribution in [2.45, 2.75) is 20.3 Å². The number of carbonyl (C=O) groups is 2. The number of piperidine rings is 1. The molecule has 0 N–H and O–H groups in total. The third kappa shape index (κ3) is 1.50. The zero-order valence-corrected chi connectivity index (χ0v) is 10.3. The van der Waals surface area contributed by atoms with Crippen LogP contribution < -0.4 is 0 Å². The van der Waals surface area contributed by atoms with Gasteiger partial charge in [0.05, 0.1) is 11.8 Å². The van der Waals surface area contributed by atoms with Crippen molar-refractivity contribution in [3.8, 4) is 0 Å². The van der Waals surface area contributed by atoms with Gasteiger partial charge in [0.15, 0.2) is 0 Å². The van der Waals surface area contributed by atoms with E-state index in [2.05, 4.69) is 0 Å². The molecule has 2 fully saturated rings. The summed E-state index contributed by atoms with van der Waals surface area (Å²) in [4.78, 5) is 25.2. The summed E-state index contributed by atoms with van der Waals surface area (Å²) in [6, 6.07) is 0. The highest BCUT2D eigenvalue weighted by atomic mass is 32.2. The first-order valence-electron chi connectivity index (χ1n) is 5.36. The van der Waals surface area contributed by atoms with Gasteiger partial charge in [0.25, 0.3) is 0 Å². The molecule has 0 aromatic heterocycles. The molecule has 2 atom stereocenters. The lowest BCUT2D eigenvalue weighted by atomic mass is 10.1. The Labute approximate surface area is 94.6 Å². The molecule has 3 nitrogen and oxygen atoms in total. The number of nitrogens with zero attached hydrogens (tertiary/aromatic N) is 1. The molecule has 0 aromatic rings. The Kier molecular flexibility index (Phi) is 2.57. The van der Waals surface area contributed by atoms with Gasteiger partial charge < -0.3 is 0 Å². The predicted molar refractivity (Wildman–Crippen MR) is 60.5 cm³/mol. The number of imide groups is 1. The lowest BCUT2D eigenvalue weighted by molar-refractivity contribution is -0.143. The lowest BCUT2D eigenvalue weighted by Crippen LogP contribution is -2.37. The average Bonchev–Trinajstić information content (AvgIpc) is 2.63. The molecular formula is C11H17NO2S. The van der Waals surface area contributed by atoms with E-state index in [4.69, 9.17) is 0 Å².